The van der Waals surface area contributed by atoms with E-state index in [0.717, 1.165) is 19.3 Å². The molecule has 7 nitrogen and oxygen atoms in total. The summed E-state index contributed by atoms with van der Waals surface area (Å²) in [6, 6.07) is 11.4. The number of halogens is 2. The maximum atomic E-state index is 12.8. The summed E-state index contributed by atoms with van der Waals surface area (Å²) in [5, 5.41) is 11.4. The van der Waals surface area contributed by atoms with Gasteiger partial charge in [0, 0.05) is 8.95 Å². The highest BCUT2D eigenvalue weighted by Crippen LogP contribution is 2.29. The van der Waals surface area contributed by atoms with Gasteiger partial charge in [-0.25, -0.2) is 0 Å². The maximum Gasteiger partial charge on any atom is 0.340 e. The van der Waals surface area contributed by atoms with E-state index in [0.29, 0.717) is 19.7 Å². The molecule has 0 spiro atoms. The third kappa shape index (κ3) is 12.2. The van der Waals surface area contributed by atoms with Crippen LogP contribution < -0.4 is 9.50 Å². The number of unbranched alkanes of at least 4 members (excludes halogenated alkanes) is 11. The second kappa shape index (κ2) is 18.1. The number of benzene rings is 2. The summed E-state index contributed by atoms with van der Waals surface area (Å²) in [7, 11) is -4.05. The van der Waals surface area contributed by atoms with Gasteiger partial charge < -0.3 is 9.50 Å². The van der Waals surface area contributed by atoms with Gasteiger partial charge in [-0.15, -0.1) is 5.10 Å². The van der Waals surface area contributed by atoms with Gasteiger partial charge in [0.25, 0.3) is 0 Å². The van der Waals surface area contributed by atoms with Gasteiger partial charge >= 0.3 is 10.1 Å². The van der Waals surface area contributed by atoms with Crippen molar-refractivity contribution >= 4 is 71.0 Å². The van der Waals surface area contributed by atoms with Gasteiger partial charge in [-0.3, -0.25) is 4.79 Å². The van der Waals surface area contributed by atoms with E-state index in [9.17, 15) is 13.2 Å². The summed E-state index contributed by atoms with van der Waals surface area (Å²) < 4.78 is 31.9. The Labute approximate surface area is 265 Å². The molecule has 3 rings (SSSR count). The van der Waals surface area contributed by atoms with Crippen LogP contribution in [-0.4, -0.2) is 31.0 Å². The highest BCUT2D eigenvalue weighted by molar-refractivity contribution is 9.11. The van der Waals surface area contributed by atoms with E-state index >= 15 is 0 Å². The van der Waals surface area contributed by atoms with Crippen LogP contribution in [-0.2, 0) is 14.9 Å². The Kier molecular flexibility index (Phi) is 14.9. The fourth-order valence-corrected chi connectivity index (χ4v) is 7.80. The van der Waals surface area contributed by atoms with Crippen molar-refractivity contribution < 1.29 is 17.4 Å². The monoisotopic (exact) mass is 727 g/mol. The first-order valence-electron chi connectivity index (χ1n) is 14.4. The molecule has 1 aliphatic rings. The first-order valence-corrected chi connectivity index (χ1v) is 18.2. The molecule has 1 saturated heterocycles. The van der Waals surface area contributed by atoms with Crippen molar-refractivity contribution in [1.29, 1.82) is 0 Å². The van der Waals surface area contributed by atoms with Gasteiger partial charge in [-0.05, 0) is 58.2 Å². The highest BCUT2D eigenvalue weighted by atomic mass is 79.9. The van der Waals surface area contributed by atoms with Gasteiger partial charge in [-0.2, -0.15) is 13.5 Å². The molecular formula is C30H39Br2N3O4S2. The Balaban J connectivity index is 1.38. The molecule has 0 radical (unpaired) electrons. The number of amides is 1. The molecule has 0 aromatic heterocycles. The lowest BCUT2D eigenvalue weighted by Crippen LogP contribution is -2.24. The van der Waals surface area contributed by atoms with E-state index in [1.807, 2.05) is 0 Å². The minimum Gasteiger partial charge on any atom is -0.379 e. The summed E-state index contributed by atoms with van der Waals surface area (Å²) in [5.41, 5.74) is 0.609. The van der Waals surface area contributed by atoms with Crippen LogP contribution in [0.1, 0.15) is 96.0 Å². The maximum absolute atomic E-state index is 12.8. The van der Waals surface area contributed by atoms with Crippen molar-refractivity contribution in [3.63, 3.8) is 0 Å². The van der Waals surface area contributed by atoms with Crippen molar-refractivity contribution in [3.8, 4) is 5.75 Å². The van der Waals surface area contributed by atoms with Crippen LogP contribution in [0.15, 0.2) is 66.5 Å². The number of amidine groups is 1. The molecule has 11 heteroatoms. The van der Waals surface area contributed by atoms with E-state index in [2.05, 4.69) is 54.3 Å². The Hall–Kier alpha value is -1.69. The van der Waals surface area contributed by atoms with Crippen LogP contribution in [0.4, 0.5) is 0 Å². The Morgan fingerprint density at radius 2 is 1.59 bits per heavy atom. The molecule has 1 aliphatic heterocycles. The van der Waals surface area contributed by atoms with Crippen molar-refractivity contribution in [1.82, 2.24) is 5.32 Å². The van der Waals surface area contributed by atoms with Gasteiger partial charge in [0.15, 0.2) is 5.17 Å². The third-order valence-electron chi connectivity index (χ3n) is 6.68. The van der Waals surface area contributed by atoms with Gasteiger partial charge in [0.05, 0.1) is 11.5 Å². The molecule has 0 aliphatic carbocycles. The van der Waals surface area contributed by atoms with Crippen molar-refractivity contribution in [3.05, 3.63) is 57.0 Å². The summed E-state index contributed by atoms with van der Waals surface area (Å²) in [4.78, 5) is 12.4. The zero-order valence-electron chi connectivity index (χ0n) is 23.5. The van der Waals surface area contributed by atoms with Crippen LogP contribution >= 0.6 is 43.6 Å². The molecule has 1 amide bonds. The van der Waals surface area contributed by atoms with Gasteiger partial charge in [0.1, 0.15) is 10.6 Å². The first-order chi connectivity index (χ1) is 19.8. The number of nitrogens with zero attached hydrogens (tertiary/aromatic N) is 2. The number of nitrogens with one attached hydrogen (secondary N) is 1. The Morgan fingerprint density at radius 3 is 2.27 bits per heavy atom. The van der Waals surface area contributed by atoms with Crippen molar-refractivity contribution in [2.24, 2.45) is 10.2 Å². The van der Waals surface area contributed by atoms with Crippen LogP contribution in [0.3, 0.4) is 0 Å². The predicted molar refractivity (Wildman–Crippen MR) is 176 cm³/mol. The third-order valence-corrected chi connectivity index (χ3v) is 10.6. The largest absolute Gasteiger partial charge is 0.379 e. The van der Waals surface area contributed by atoms with Crippen LogP contribution in [0.5, 0.6) is 5.75 Å². The van der Waals surface area contributed by atoms with Gasteiger partial charge in [-0.1, -0.05) is 124 Å². The molecule has 41 heavy (non-hydrogen) atoms. The number of hydrogen-bond acceptors (Lipinski definition) is 7. The first kappa shape index (κ1) is 33.8. The fourth-order valence-electron chi connectivity index (χ4n) is 4.45. The quantitative estimate of drug-likeness (QED) is 0.0715. The van der Waals surface area contributed by atoms with E-state index in [1.165, 1.54) is 88.3 Å². The van der Waals surface area contributed by atoms with E-state index in [1.54, 1.807) is 36.4 Å². The average Bonchev–Trinajstić information content (AvgIpc) is 3.29. The summed E-state index contributed by atoms with van der Waals surface area (Å²) in [5.74, 6) is 0.130. The normalized spacial score (nSPS) is 16.5. The second-order valence-corrected chi connectivity index (χ2v) is 14.6. The number of carbonyl (C=O) groups is 1. The molecule has 1 atom stereocenters. The predicted octanol–water partition coefficient (Wildman–Crippen LogP) is 8.99. The van der Waals surface area contributed by atoms with Gasteiger partial charge in [0.2, 0.25) is 5.91 Å². The minimum absolute atomic E-state index is 0.0180. The highest BCUT2D eigenvalue weighted by Gasteiger charge is 2.29. The SMILES string of the molecule is CCCCCCCCCCCCCCC1S/C(=N/N=Cc2cccc(OS(=O)(=O)c3cc(Br)ccc3Br)c2)NC1=O. The van der Waals surface area contributed by atoms with Crippen LogP contribution in [0.2, 0.25) is 0 Å². The number of carbonyl (C=O) groups excluding carboxylic acids is 1. The molecule has 0 saturated carbocycles. The molecule has 1 unspecified atom stereocenters. The summed E-state index contributed by atoms with van der Waals surface area (Å²) in [6.07, 6.45) is 17.8. The van der Waals surface area contributed by atoms with Crippen molar-refractivity contribution in [2.75, 3.05) is 0 Å². The molecule has 224 valence electrons. The number of hydrogen-bond donors (Lipinski definition) is 1. The van der Waals surface area contributed by atoms with E-state index in [-0.39, 0.29) is 21.8 Å². The smallest absolute Gasteiger partial charge is 0.340 e. The topological polar surface area (TPSA) is 97.2 Å². The molecule has 1 fully saturated rings. The Morgan fingerprint density at radius 1 is 0.927 bits per heavy atom. The van der Waals surface area contributed by atoms with Crippen molar-refractivity contribution in [2.45, 2.75) is 101 Å². The van der Waals surface area contributed by atoms with E-state index < -0.39 is 10.1 Å². The molecule has 2 aromatic carbocycles. The van der Waals surface area contributed by atoms with Crippen LogP contribution in [0.25, 0.3) is 0 Å². The zero-order chi connectivity index (χ0) is 29.5. The number of rotatable bonds is 18. The molecule has 2 aromatic rings. The standard InChI is InChI=1S/C30H39Br2N3O4S2/c1-2-3-4-5-6-7-8-9-10-11-12-13-17-27-29(36)34-30(40-27)35-33-22-23-15-14-16-25(20-23)39-41(37,38)28-21-24(31)18-19-26(28)32/h14-16,18-22,27H,2-13,17H2,1H3,(H,34,35,36). The summed E-state index contributed by atoms with van der Waals surface area (Å²) in [6.45, 7) is 2.25. The lowest BCUT2D eigenvalue weighted by Gasteiger charge is -2.09. The number of thioether (sulfide) groups is 1. The summed E-state index contributed by atoms with van der Waals surface area (Å²) >= 11 is 7.96. The average molecular weight is 730 g/mol. The lowest BCUT2D eigenvalue weighted by atomic mass is 10.0. The zero-order valence-corrected chi connectivity index (χ0v) is 28.3. The molecule has 1 N–H and O–H groups in total. The molecular weight excluding hydrogens is 690 g/mol. The lowest BCUT2D eigenvalue weighted by molar-refractivity contribution is -0.118. The minimum atomic E-state index is -4.05. The fraction of sp³-hybridized carbons (Fsp3) is 0.500. The Bertz CT molecular complexity index is 1300. The second-order valence-electron chi connectivity index (χ2n) is 10.1. The molecule has 1 heterocycles. The van der Waals surface area contributed by atoms with E-state index in [4.69, 9.17) is 4.18 Å². The molecule has 0 bridgehead atoms. The van der Waals surface area contributed by atoms with Crippen LogP contribution in [0, 0.1) is 0 Å².